The van der Waals surface area contributed by atoms with E-state index in [1.165, 1.54) is 13.1 Å². The molecule has 1 aromatic carbocycles. The number of tetrazole rings is 1. The molecule has 0 saturated carbocycles. The fourth-order valence-corrected chi connectivity index (χ4v) is 4.86. The Labute approximate surface area is 143 Å². The number of sulfonamides is 1. The van der Waals surface area contributed by atoms with Crippen LogP contribution in [-0.4, -0.2) is 28.2 Å². The van der Waals surface area contributed by atoms with Gasteiger partial charge in [0.05, 0.1) is 9.47 Å². The summed E-state index contributed by atoms with van der Waals surface area (Å²) in [6.07, 6.45) is 0. The Kier molecular flexibility index (Phi) is 4.08. The van der Waals surface area contributed by atoms with Crippen LogP contribution in [0.2, 0.25) is 0 Å². The van der Waals surface area contributed by atoms with E-state index in [2.05, 4.69) is 31.1 Å². The monoisotopic (exact) mass is 415 g/mol. The number of aromatic nitrogens is 4. The number of benzene rings is 1. The molecule has 23 heavy (non-hydrogen) atoms. The smallest absolute Gasteiger partial charge is 0.279 e. The number of hydrogen-bond donors (Lipinski definition) is 1. The van der Waals surface area contributed by atoms with Gasteiger partial charge in [0, 0.05) is 12.7 Å². The summed E-state index contributed by atoms with van der Waals surface area (Å²) in [5, 5.41) is 7.33. The van der Waals surface area contributed by atoms with E-state index in [0.29, 0.717) is 11.4 Å². The molecule has 0 radical (unpaired) electrons. The number of nitrogens with one attached hydrogen (secondary N) is 1. The lowest BCUT2D eigenvalue weighted by Crippen LogP contribution is -2.21. The number of nitrogens with zero attached hydrogens (tertiary/aromatic N) is 4. The first kappa shape index (κ1) is 15.9. The van der Waals surface area contributed by atoms with Crippen molar-refractivity contribution < 1.29 is 8.42 Å². The van der Waals surface area contributed by atoms with E-state index >= 15 is 0 Å². The molecule has 0 aliphatic carbocycles. The molecular formula is C12H10BrN5O3S2. The van der Waals surface area contributed by atoms with Gasteiger partial charge in [0.25, 0.3) is 10.0 Å². The van der Waals surface area contributed by atoms with Crippen LogP contribution in [0, 0.1) is 0 Å². The molecule has 0 spiro atoms. The zero-order chi connectivity index (χ0) is 16.6. The summed E-state index contributed by atoms with van der Waals surface area (Å²) in [6, 6.07) is 9.46. The SMILES string of the molecule is Cn1nnn(-c2ccc(NS(=O)(=O)c3ccc(Br)s3)cc2)c1=O. The molecule has 0 aliphatic rings. The molecule has 0 unspecified atom stereocenters. The number of halogens is 1. The largest absolute Gasteiger partial charge is 0.368 e. The normalized spacial score (nSPS) is 11.6. The van der Waals surface area contributed by atoms with Crippen LogP contribution in [0.5, 0.6) is 0 Å². The lowest BCUT2D eigenvalue weighted by atomic mass is 10.3. The average Bonchev–Trinajstić information content (AvgIpc) is 3.08. The molecule has 2 heterocycles. The molecule has 3 rings (SSSR count). The first-order valence-electron chi connectivity index (χ1n) is 6.24. The number of aryl methyl sites for hydroxylation is 1. The predicted molar refractivity (Wildman–Crippen MR) is 89.4 cm³/mol. The Balaban J connectivity index is 1.86. The van der Waals surface area contributed by atoms with E-state index in [0.717, 1.165) is 24.5 Å². The van der Waals surface area contributed by atoms with Crippen molar-refractivity contribution in [1.82, 2.24) is 19.8 Å². The zero-order valence-corrected chi connectivity index (χ0v) is 14.9. The van der Waals surface area contributed by atoms with E-state index in [1.807, 2.05) is 0 Å². The highest BCUT2D eigenvalue weighted by atomic mass is 79.9. The molecule has 2 aromatic heterocycles. The van der Waals surface area contributed by atoms with Crippen molar-refractivity contribution in [3.63, 3.8) is 0 Å². The fraction of sp³-hybridized carbons (Fsp3) is 0.0833. The van der Waals surface area contributed by atoms with Gasteiger partial charge >= 0.3 is 5.69 Å². The van der Waals surface area contributed by atoms with Gasteiger partial charge in [0.2, 0.25) is 0 Å². The summed E-state index contributed by atoms with van der Waals surface area (Å²) in [4.78, 5) is 11.8. The molecule has 11 heteroatoms. The topological polar surface area (TPSA) is 98.9 Å². The van der Waals surface area contributed by atoms with Gasteiger partial charge in [-0.2, -0.15) is 9.36 Å². The number of thiophene rings is 1. The Morgan fingerprint density at radius 2 is 1.83 bits per heavy atom. The van der Waals surface area contributed by atoms with Gasteiger partial charge in [-0.1, -0.05) is 0 Å². The van der Waals surface area contributed by atoms with E-state index < -0.39 is 10.0 Å². The number of hydrogen-bond acceptors (Lipinski definition) is 6. The van der Waals surface area contributed by atoms with Gasteiger partial charge < -0.3 is 0 Å². The average molecular weight is 416 g/mol. The van der Waals surface area contributed by atoms with E-state index in [9.17, 15) is 13.2 Å². The molecule has 0 saturated heterocycles. The van der Waals surface area contributed by atoms with Crippen molar-refractivity contribution in [3.8, 4) is 5.69 Å². The molecule has 0 bridgehead atoms. The van der Waals surface area contributed by atoms with Crippen molar-refractivity contribution in [2.45, 2.75) is 4.21 Å². The minimum absolute atomic E-state index is 0.207. The molecule has 0 aliphatic heterocycles. The first-order valence-corrected chi connectivity index (χ1v) is 9.34. The van der Waals surface area contributed by atoms with Gasteiger partial charge in [0.15, 0.2) is 0 Å². The van der Waals surface area contributed by atoms with Crippen molar-refractivity contribution in [1.29, 1.82) is 0 Å². The van der Waals surface area contributed by atoms with Crippen molar-refractivity contribution in [3.05, 3.63) is 50.7 Å². The first-order chi connectivity index (χ1) is 10.9. The molecular weight excluding hydrogens is 406 g/mol. The van der Waals surface area contributed by atoms with E-state index in [-0.39, 0.29) is 9.90 Å². The molecule has 0 fully saturated rings. The summed E-state index contributed by atoms with van der Waals surface area (Å²) in [5.41, 5.74) is 0.488. The highest BCUT2D eigenvalue weighted by Gasteiger charge is 2.16. The quantitative estimate of drug-likeness (QED) is 0.697. The van der Waals surface area contributed by atoms with Crippen LogP contribution < -0.4 is 10.4 Å². The molecule has 0 atom stereocenters. The maximum atomic E-state index is 12.2. The van der Waals surface area contributed by atoms with Gasteiger partial charge in [-0.15, -0.1) is 11.3 Å². The van der Waals surface area contributed by atoms with Crippen LogP contribution in [0.15, 0.2) is 49.2 Å². The standard InChI is InChI=1S/C12H10BrN5O3S2/c1-17-12(19)18(16-15-17)9-4-2-8(3-5-9)14-23(20,21)11-7-6-10(13)22-11/h2-7,14H,1H3. The van der Waals surface area contributed by atoms with Gasteiger partial charge in [-0.25, -0.2) is 13.2 Å². The number of anilines is 1. The minimum atomic E-state index is -3.64. The maximum absolute atomic E-state index is 12.2. The van der Waals surface area contributed by atoms with Gasteiger partial charge in [0.1, 0.15) is 4.21 Å². The lowest BCUT2D eigenvalue weighted by Gasteiger charge is -2.06. The second kappa shape index (κ2) is 5.91. The third-order valence-corrected chi connectivity index (χ3v) is 6.40. The highest BCUT2D eigenvalue weighted by Crippen LogP contribution is 2.27. The predicted octanol–water partition coefficient (Wildman–Crippen LogP) is 1.59. The van der Waals surface area contributed by atoms with Gasteiger partial charge in [-0.05, 0) is 62.8 Å². The molecule has 3 aromatic rings. The minimum Gasteiger partial charge on any atom is -0.279 e. The van der Waals surface area contributed by atoms with E-state index in [1.54, 1.807) is 30.3 Å². The van der Waals surface area contributed by atoms with Crippen molar-refractivity contribution in [2.24, 2.45) is 7.05 Å². The maximum Gasteiger partial charge on any atom is 0.368 e. The fourth-order valence-electron chi connectivity index (χ4n) is 1.79. The second-order valence-corrected chi connectivity index (χ2v) is 8.88. The Hall–Kier alpha value is -1.98. The molecule has 120 valence electrons. The van der Waals surface area contributed by atoms with Crippen LogP contribution in [0.25, 0.3) is 5.69 Å². The second-order valence-electron chi connectivity index (χ2n) is 4.51. The Morgan fingerprint density at radius 3 is 2.35 bits per heavy atom. The Morgan fingerprint density at radius 1 is 1.13 bits per heavy atom. The lowest BCUT2D eigenvalue weighted by molar-refractivity contribution is 0.603. The molecule has 1 N–H and O–H groups in total. The summed E-state index contributed by atoms with van der Waals surface area (Å²) in [7, 11) is -2.14. The van der Waals surface area contributed by atoms with Crippen LogP contribution >= 0.6 is 27.3 Å². The van der Waals surface area contributed by atoms with Crippen molar-refractivity contribution >= 4 is 43.0 Å². The van der Waals surface area contributed by atoms with Crippen LogP contribution in [0.3, 0.4) is 0 Å². The summed E-state index contributed by atoms with van der Waals surface area (Å²) in [6.45, 7) is 0. The Bertz CT molecular complexity index is 1000. The summed E-state index contributed by atoms with van der Waals surface area (Å²) in [5.74, 6) is 0. The molecule has 0 amide bonds. The van der Waals surface area contributed by atoms with Crippen LogP contribution in [0.4, 0.5) is 5.69 Å². The third-order valence-electron chi connectivity index (χ3n) is 2.90. The number of rotatable bonds is 4. The summed E-state index contributed by atoms with van der Waals surface area (Å²) >= 11 is 4.35. The highest BCUT2D eigenvalue weighted by molar-refractivity contribution is 9.11. The zero-order valence-electron chi connectivity index (χ0n) is 11.7. The van der Waals surface area contributed by atoms with Crippen molar-refractivity contribution in [2.75, 3.05) is 4.72 Å². The third kappa shape index (κ3) is 3.21. The van der Waals surface area contributed by atoms with E-state index in [4.69, 9.17) is 0 Å². The molecule has 8 nitrogen and oxygen atoms in total. The summed E-state index contributed by atoms with van der Waals surface area (Å²) < 4.78 is 30.1. The van der Waals surface area contributed by atoms with Gasteiger partial charge in [-0.3, -0.25) is 4.72 Å². The van der Waals surface area contributed by atoms with Crippen LogP contribution in [-0.2, 0) is 17.1 Å². The van der Waals surface area contributed by atoms with Crippen LogP contribution in [0.1, 0.15) is 0 Å².